The molecule has 1 aromatic heterocycles. The zero-order valence-electron chi connectivity index (χ0n) is 17.1. The lowest BCUT2D eigenvalue weighted by Gasteiger charge is -2.31. The number of anilines is 1. The number of aryl methyl sites for hydroxylation is 2. The number of rotatable bonds is 5. The van der Waals surface area contributed by atoms with Crippen LogP contribution in [0.15, 0.2) is 23.8 Å². The van der Waals surface area contributed by atoms with E-state index in [1.807, 2.05) is 0 Å². The number of allylic oxidation sites excluding steroid dienone is 1. The van der Waals surface area contributed by atoms with Crippen molar-refractivity contribution in [3.05, 3.63) is 34.9 Å². The van der Waals surface area contributed by atoms with E-state index >= 15 is 0 Å². The Morgan fingerprint density at radius 1 is 1.29 bits per heavy atom. The second kappa shape index (κ2) is 8.64. The molecule has 150 valence electrons. The zero-order chi connectivity index (χ0) is 19.5. The second-order valence-electron chi connectivity index (χ2n) is 8.36. The number of hydrogen-bond donors (Lipinski definition) is 1. The van der Waals surface area contributed by atoms with Crippen LogP contribution in [0.3, 0.4) is 0 Å². The monoisotopic (exact) mass is 397 g/mol. The molecule has 1 amide bonds. The summed E-state index contributed by atoms with van der Waals surface area (Å²) in [4.78, 5) is 19.9. The van der Waals surface area contributed by atoms with Crippen LogP contribution in [0.25, 0.3) is 10.2 Å². The summed E-state index contributed by atoms with van der Waals surface area (Å²) in [6.45, 7) is 6.82. The van der Waals surface area contributed by atoms with Gasteiger partial charge in [-0.25, -0.2) is 4.98 Å². The molecule has 4 nitrogen and oxygen atoms in total. The molecule has 28 heavy (non-hydrogen) atoms. The molecule has 1 N–H and O–H groups in total. The predicted octanol–water partition coefficient (Wildman–Crippen LogP) is 5.14. The van der Waals surface area contributed by atoms with Gasteiger partial charge in [0.15, 0.2) is 5.13 Å². The van der Waals surface area contributed by atoms with Crippen molar-refractivity contribution < 1.29 is 4.79 Å². The number of amides is 1. The third-order valence-corrected chi connectivity index (χ3v) is 7.07. The number of nitrogens with one attached hydrogen (secondary N) is 1. The molecule has 1 aliphatic heterocycles. The lowest BCUT2D eigenvalue weighted by Crippen LogP contribution is -2.43. The van der Waals surface area contributed by atoms with Crippen molar-refractivity contribution in [3.63, 3.8) is 0 Å². The third kappa shape index (κ3) is 4.40. The lowest BCUT2D eigenvalue weighted by molar-refractivity contribution is -0.125. The summed E-state index contributed by atoms with van der Waals surface area (Å²) < 4.78 is 1.25. The Balaban J connectivity index is 1.36. The Morgan fingerprint density at radius 3 is 3.00 bits per heavy atom. The van der Waals surface area contributed by atoms with Crippen LogP contribution in [0.2, 0.25) is 0 Å². The van der Waals surface area contributed by atoms with E-state index in [2.05, 4.69) is 42.3 Å². The van der Waals surface area contributed by atoms with Crippen LogP contribution < -0.4 is 10.2 Å². The Kier molecular flexibility index (Phi) is 6.00. The van der Waals surface area contributed by atoms with Crippen molar-refractivity contribution in [2.75, 3.05) is 24.5 Å². The van der Waals surface area contributed by atoms with E-state index in [9.17, 15) is 4.79 Å². The number of nitrogens with zero attached hydrogens (tertiary/aromatic N) is 2. The van der Waals surface area contributed by atoms with Crippen LogP contribution >= 0.6 is 11.3 Å². The SMILES string of the molecule is Cc1cc(C)c2nc(N3CCC[C@H](C(=O)NCCC4=CCCCC4)C3)sc2c1. The van der Waals surface area contributed by atoms with Crippen LogP contribution in [0.1, 0.15) is 56.1 Å². The minimum Gasteiger partial charge on any atom is -0.355 e. The first-order chi connectivity index (χ1) is 13.6. The molecular formula is C23H31N3OS. The molecule has 0 radical (unpaired) electrons. The smallest absolute Gasteiger partial charge is 0.224 e. The largest absolute Gasteiger partial charge is 0.355 e. The van der Waals surface area contributed by atoms with Crippen LogP contribution in [0, 0.1) is 19.8 Å². The zero-order valence-corrected chi connectivity index (χ0v) is 17.9. The van der Waals surface area contributed by atoms with E-state index in [4.69, 9.17) is 4.98 Å². The molecule has 0 unspecified atom stereocenters. The van der Waals surface area contributed by atoms with Gasteiger partial charge in [-0.05, 0) is 76.0 Å². The molecule has 1 fully saturated rings. The Hall–Kier alpha value is -1.88. The Morgan fingerprint density at radius 2 is 2.18 bits per heavy atom. The first-order valence-electron chi connectivity index (χ1n) is 10.7. The summed E-state index contributed by atoms with van der Waals surface area (Å²) >= 11 is 1.76. The van der Waals surface area contributed by atoms with E-state index in [1.54, 1.807) is 11.3 Å². The van der Waals surface area contributed by atoms with Gasteiger partial charge in [0.1, 0.15) is 0 Å². The van der Waals surface area contributed by atoms with Crippen molar-refractivity contribution in [2.24, 2.45) is 5.92 Å². The van der Waals surface area contributed by atoms with E-state index in [0.717, 1.165) is 49.5 Å². The van der Waals surface area contributed by atoms with Crippen molar-refractivity contribution in [1.82, 2.24) is 10.3 Å². The topological polar surface area (TPSA) is 45.2 Å². The van der Waals surface area contributed by atoms with Crippen molar-refractivity contribution in [3.8, 4) is 0 Å². The highest BCUT2D eigenvalue weighted by Gasteiger charge is 2.27. The average Bonchev–Trinajstić information content (AvgIpc) is 3.13. The molecule has 0 bridgehead atoms. The molecule has 2 aliphatic rings. The molecule has 0 spiro atoms. The summed E-state index contributed by atoms with van der Waals surface area (Å²) in [5, 5.41) is 4.25. The van der Waals surface area contributed by atoms with Gasteiger partial charge in [0.25, 0.3) is 0 Å². The van der Waals surface area contributed by atoms with Gasteiger partial charge < -0.3 is 10.2 Å². The molecule has 5 heteroatoms. The molecule has 1 saturated heterocycles. The molecular weight excluding hydrogens is 366 g/mol. The van der Waals surface area contributed by atoms with E-state index in [0.29, 0.717) is 0 Å². The highest BCUT2D eigenvalue weighted by Crippen LogP contribution is 2.33. The van der Waals surface area contributed by atoms with Crippen molar-refractivity contribution >= 4 is 32.6 Å². The maximum atomic E-state index is 12.7. The normalized spacial score (nSPS) is 20.3. The summed E-state index contributed by atoms with van der Waals surface area (Å²) in [6.07, 6.45) is 10.5. The van der Waals surface area contributed by atoms with Gasteiger partial charge in [0.2, 0.25) is 5.91 Å². The van der Waals surface area contributed by atoms with Crippen molar-refractivity contribution in [2.45, 2.75) is 58.8 Å². The van der Waals surface area contributed by atoms with E-state index in [1.165, 1.54) is 47.1 Å². The number of hydrogen-bond acceptors (Lipinski definition) is 4. The fraction of sp³-hybridized carbons (Fsp3) is 0.565. The van der Waals surface area contributed by atoms with Gasteiger partial charge in [-0.1, -0.05) is 29.1 Å². The van der Waals surface area contributed by atoms with Gasteiger partial charge in [-0.2, -0.15) is 0 Å². The molecule has 1 aromatic carbocycles. The molecule has 1 atom stereocenters. The number of thiazole rings is 1. The molecule has 4 rings (SSSR count). The summed E-state index contributed by atoms with van der Waals surface area (Å²) in [7, 11) is 0. The lowest BCUT2D eigenvalue weighted by atomic mass is 9.96. The maximum Gasteiger partial charge on any atom is 0.224 e. The highest BCUT2D eigenvalue weighted by molar-refractivity contribution is 7.22. The van der Waals surface area contributed by atoms with Gasteiger partial charge in [0, 0.05) is 19.6 Å². The van der Waals surface area contributed by atoms with E-state index in [-0.39, 0.29) is 11.8 Å². The van der Waals surface area contributed by atoms with Gasteiger partial charge >= 0.3 is 0 Å². The van der Waals surface area contributed by atoms with Crippen LogP contribution in [0.4, 0.5) is 5.13 Å². The molecule has 1 aliphatic carbocycles. The highest BCUT2D eigenvalue weighted by atomic mass is 32.1. The number of benzene rings is 1. The van der Waals surface area contributed by atoms with Crippen molar-refractivity contribution in [1.29, 1.82) is 0 Å². The predicted molar refractivity (Wildman–Crippen MR) is 118 cm³/mol. The second-order valence-corrected chi connectivity index (χ2v) is 9.37. The fourth-order valence-electron chi connectivity index (χ4n) is 4.48. The molecule has 2 aromatic rings. The minimum absolute atomic E-state index is 0.0731. The number of fused-ring (bicyclic) bond motifs is 1. The minimum atomic E-state index is 0.0731. The van der Waals surface area contributed by atoms with Crippen LogP contribution in [-0.2, 0) is 4.79 Å². The maximum absolute atomic E-state index is 12.7. The standard InChI is InChI=1S/C23H31N3OS/c1-16-13-17(2)21-20(14-16)28-23(25-21)26-12-6-9-19(15-26)22(27)24-11-10-18-7-4-3-5-8-18/h7,13-14,19H,3-6,8-12,15H2,1-2H3,(H,24,27)/t19-/m0/s1. The van der Waals surface area contributed by atoms with Crippen LogP contribution in [-0.4, -0.2) is 30.5 Å². The third-order valence-electron chi connectivity index (χ3n) is 6.01. The first kappa shape index (κ1) is 19.4. The number of piperidine rings is 1. The fourth-order valence-corrected chi connectivity index (χ4v) is 5.66. The first-order valence-corrected chi connectivity index (χ1v) is 11.5. The average molecular weight is 398 g/mol. The molecule has 0 saturated carbocycles. The molecule has 2 heterocycles. The van der Waals surface area contributed by atoms with Gasteiger partial charge in [-0.15, -0.1) is 0 Å². The summed E-state index contributed by atoms with van der Waals surface area (Å²) in [5.41, 5.74) is 5.15. The Bertz CT molecular complexity index is 885. The van der Waals surface area contributed by atoms with Crippen LogP contribution in [0.5, 0.6) is 0 Å². The number of aromatic nitrogens is 1. The summed E-state index contributed by atoms with van der Waals surface area (Å²) in [6, 6.07) is 4.41. The number of carbonyl (C=O) groups excluding carboxylic acids is 1. The summed E-state index contributed by atoms with van der Waals surface area (Å²) in [5.74, 6) is 0.290. The quantitative estimate of drug-likeness (QED) is 0.711. The Labute approximate surface area is 172 Å². The van der Waals surface area contributed by atoms with E-state index < -0.39 is 0 Å². The number of carbonyl (C=O) groups is 1. The van der Waals surface area contributed by atoms with Gasteiger partial charge in [0.05, 0.1) is 16.1 Å². The van der Waals surface area contributed by atoms with Gasteiger partial charge in [-0.3, -0.25) is 4.79 Å².